The summed E-state index contributed by atoms with van der Waals surface area (Å²) in [6, 6.07) is 15.4. The van der Waals surface area contributed by atoms with Crippen LogP contribution >= 0.6 is 15.9 Å². The predicted molar refractivity (Wildman–Crippen MR) is 101 cm³/mol. The lowest BCUT2D eigenvalue weighted by Crippen LogP contribution is -2.17. The fourth-order valence-corrected chi connectivity index (χ4v) is 2.93. The van der Waals surface area contributed by atoms with Crippen LogP contribution in [-0.2, 0) is 9.59 Å². The number of benzene rings is 2. The number of anilines is 2. The zero-order valence-corrected chi connectivity index (χ0v) is 15.4. The molecule has 0 aliphatic heterocycles. The van der Waals surface area contributed by atoms with Gasteiger partial charge in [0, 0.05) is 17.8 Å². The molecule has 2 aromatic rings. The van der Waals surface area contributed by atoms with E-state index in [1.807, 2.05) is 36.4 Å². The molecule has 0 bridgehead atoms. The van der Waals surface area contributed by atoms with Crippen molar-refractivity contribution in [2.75, 3.05) is 10.6 Å². The maximum absolute atomic E-state index is 12.5. The van der Waals surface area contributed by atoms with Gasteiger partial charge in [0.05, 0.1) is 11.4 Å². The van der Waals surface area contributed by atoms with Crippen LogP contribution in [0.15, 0.2) is 53.0 Å². The highest BCUT2D eigenvalue weighted by Crippen LogP contribution is 2.28. The Bertz CT molecular complexity index is 717. The van der Waals surface area contributed by atoms with Crippen molar-refractivity contribution in [3.8, 4) is 0 Å². The van der Waals surface area contributed by atoms with Crippen molar-refractivity contribution in [2.45, 2.75) is 32.6 Å². The van der Waals surface area contributed by atoms with E-state index < -0.39 is 0 Å². The Morgan fingerprint density at radius 2 is 1.75 bits per heavy atom. The van der Waals surface area contributed by atoms with Crippen molar-refractivity contribution in [3.63, 3.8) is 0 Å². The summed E-state index contributed by atoms with van der Waals surface area (Å²) in [5.74, 6) is -0.0819. The van der Waals surface area contributed by atoms with Crippen molar-refractivity contribution < 1.29 is 9.59 Å². The summed E-state index contributed by atoms with van der Waals surface area (Å²) >= 11 is 3.39. The van der Waals surface area contributed by atoms with E-state index in [9.17, 15) is 9.59 Å². The van der Waals surface area contributed by atoms with Crippen LogP contribution < -0.4 is 10.6 Å². The first kappa shape index (κ1) is 18.2. The van der Waals surface area contributed by atoms with E-state index in [1.165, 1.54) is 6.92 Å². The molecule has 2 amide bonds. The first-order chi connectivity index (χ1) is 11.5. The molecule has 0 fully saturated rings. The van der Waals surface area contributed by atoms with Gasteiger partial charge >= 0.3 is 0 Å². The van der Waals surface area contributed by atoms with Gasteiger partial charge in [0.1, 0.15) is 0 Å². The Balaban J connectivity index is 2.11. The van der Waals surface area contributed by atoms with Gasteiger partial charge in [-0.15, -0.1) is 0 Å². The molecule has 5 heteroatoms. The van der Waals surface area contributed by atoms with Gasteiger partial charge in [0.2, 0.25) is 11.8 Å². The van der Waals surface area contributed by atoms with E-state index in [4.69, 9.17) is 0 Å². The standard InChI is InChI=1S/C19H21BrN2O2/c1-3-14(15-7-5-4-6-8-15)11-19(24)22-18-12-16(20)9-10-17(18)21-13(2)23/h4-10,12,14H,3,11H2,1-2H3,(H,21,23)(H,22,24). The van der Waals surface area contributed by atoms with E-state index in [0.29, 0.717) is 17.8 Å². The summed E-state index contributed by atoms with van der Waals surface area (Å²) in [4.78, 5) is 23.8. The summed E-state index contributed by atoms with van der Waals surface area (Å²) in [6.45, 7) is 3.52. The molecule has 0 spiro atoms. The molecule has 126 valence electrons. The van der Waals surface area contributed by atoms with E-state index in [2.05, 4.69) is 33.5 Å². The lowest BCUT2D eigenvalue weighted by Gasteiger charge is -2.17. The molecule has 0 saturated carbocycles. The Hall–Kier alpha value is -2.14. The topological polar surface area (TPSA) is 58.2 Å². The average Bonchev–Trinajstić information content (AvgIpc) is 2.55. The number of hydrogen-bond donors (Lipinski definition) is 2. The minimum Gasteiger partial charge on any atom is -0.325 e. The predicted octanol–water partition coefficient (Wildman–Crippen LogP) is 4.93. The van der Waals surface area contributed by atoms with E-state index in [1.54, 1.807) is 12.1 Å². The Morgan fingerprint density at radius 3 is 2.38 bits per heavy atom. The van der Waals surface area contributed by atoms with E-state index >= 15 is 0 Å². The summed E-state index contributed by atoms with van der Waals surface area (Å²) < 4.78 is 0.835. The number of carbonyl (C=O) groups excluding carboxylic acids is 2. The Labute approximate surface area is 150 Å². The second kappa shape index (κ2) is 8.64. The van der Waals surface area contributed by atoms with Gasteiger partial charge in [0.25, 0.3) is 0 Å². The van der Waals surface area contributed by atoms with Crippen molar-refractivity contribution in [3.05, 3.63) is 58.6 Å². The lowest BCUT2D eigenvalue weighted by molar-refractivity contribution is -0.117. The third kappa shape index (κ3) is 5.20. The molecule has 0 aromatic heterocycles. The van der Waals surface area contributed by atoms with Crippen LogP contribution in [0.4, 0.5) is 11.4 Å². The van der Waals surface area contributed by atoms with Crippen molar-refractivity contribution in [2.24, 2.45) is 0 Å². The minimum absolute atomic E-state index is 0.0737. The first-order valence-corrected chi connectivity index (χ1v) is 8.70. The number of hydrogen-bond acceptors (Lipinski definition) is 2. The third-order valence-electron chi connectivity index (χ3n) is 3.76. The SMILES string of the molecule is CCC(CC(=O)Nc1cc(Br)ccc1NC(C)=O)c1ccccc1. The van der Waals surface area contributed by atoms with Crippen LogP contribution in [0.1, 0.15) is 38.2 Å². The lowest BCUT2D eigenvalue weighted by atomic mass is 9.93. The van der Waals surface area contributed by atoms with Crippen molar-refractivity contribution in [1.82, 2.24) is 0 Å². The van der Waals surface area contributed by atoms with Crippen molar-refractivity contribution in [1.29, 1.82) is 0 Å². The molecule has 2 aromatic carbocycles. The van der Waals surface area contributed by atoms with E-state index in [0.717, 1.165) is 16.5 Å². The quantitative estimate of drug-likeness (QED) is 0.736. The van der Waals surface area contributed by atoms with Crippen LogP contribution in [-0.4, -0.2) is 11.8 Å². The molecule has 1 atom stereocenters. The maximum atomic E-state index is 12.5. The first-order valence-electron chi connectivity index (χ1n) is 7.91. The second-order valence-electron chi connectivity index (χ2n) is 5.64. The van der Waals surface area contributed by atoms with Crippen LogP contribution in [0.2, 0.25) is 0 Å². The van der Waals surface area contributed by atoms with Gasteiger partial charge in [0.15, 0.2) is 0 Å². The number of halogens is 1. The molecule has 2 N–H and O–H groups in total. The molecule has 24 heavy (non-hydrogen) atoms. The highest BCUT2D eigenvalue weighted by atomic mass is 79.9. The summed E-state index contributed by atoms with van der Waals surface area (Å²) in [6.07, 6.45) is 1.28. The monoisotopic (exact) mass is 388 g/mol. The zero-order valence-electron chi connectivity index (χ0n) is 13.8. The normalized spacial score (nSPS) is 11.6. The average molecular weight is 389 g/mol. The summed E-state index contributed by atoms with van der Waals surface area (Å²) in [7, 11) is 0. The number of nitrogens with one attached hydrogen (secondary N) is 2. The van der Waals surface area contributed by atoms with Gasteiger partial charge in [-0.3, -0.25) is 9.59 Å². The summed E-state index contributed by atoms with van der Waals surface area (Å²) in [5.41, 5.74) is 2.34. The van der Waals surface area contributed by atoms with Gasteiger partial charge in [-0.05, 0) is 36.1 Å². The number of carbonyl (C=O) groups is 2. The molecule has 0 radical (unpaired) electrons. The molecule has 2 rings (SSSR count). The highest BCUT2D eigenvalue weighted by Gasteiger charge is 2.15. The smallest absolute Gasteiger partial charge is 0.225 e. The molecule has 0 saturated heterocycles. The number of amides is 2. The molecule has 0 aliphatic rings. The second-order valence-corrected chi connectivity index (χ2v) is 6.55. The fraction of sp³-hybridized carbons (Fsp3) is 0.263. The van der Waals surface area contributed by atoms with Gasteiger partial charge < -0.3 is 10.6 Å². The van der Waals surface area contributed by atoms with Gasteiger partial charge in [-0.1, -0.05) is 53.2 Å². The molecule has 1 unspecified atom stereocenters. The van der Waals surface area contributed by atoms with Crippen molar-refractivity contribution >= 4 is 39.1 Å². The largest absolute Gasteiger partial charge is 0.325 e. The van der Waals surface area contributed by atoms with Crippen LogP contribution in [0, 0.1) is 0 Å². The summed E-state index contributed by atoms with van der Waals surface area (Å²) in [5, 5.41) is 5.64. The zero-order chi connectivity index (χ0) is 17.5. The molecule has 0 aliphatic carbocycles. The minimum atomic E-state index is -0.177. The fourth-order valence-electron chi connectivity index (χ4n) is 2.57. The van der Waals surface area contributed by atoms with Gasteiger partial charge in [-0.25, -0.2) is 0 Å². The third-order valence-corrected chi connectivity index (χ3v) is 4.26. The molecular formula is C19H21BrN2O2. The number of rotatable bonds is 6. The Kier molecular flexibility index (Phi) is 6.55. The van der Waals surface area contributed by atoms with Crippen LogP contribution in [0.25, 0.3) is 0 Å². The van der Waals surface area contributed by atoms with Gasteiger partial charge in [-0.2, -0.15) is 0 Å². The Morgan fingerprint density at radius 1 is 1.04 bits per heavy atom. The van der Waals surface area contributed by atoms with Crippen LogP contribution in [0.5, 0.6) is 0 Å². The van der Waals surface area contributed by atoms with Crippen LogP contribution in [0.3, 0.4) is 0 Å². The molecule has 0 heterocycles. The molecular weight excluding hydrogens is 368 g/mol. The highest BCUT2D eigenvalue weighted by molar-refractivity contribution is 9.10. The maximum Gasteiger partial charge on any atom is 0.225 e. The van der Waals surface area contributed by atoms with E-state index in [-0.39, 0.29) is 17.7 Å². The molecule has 4 nitrogen and oxygen atoms in total.